The van der Waals surface area contributed by atoms with E-state index in [0.717, 1.165) is 17.1 Å². The van der Waals surface area contributed by atoms with Crippen LogP contribution in [0.5, 0.6) is 0 Å². The van der Waals surface area contributed by atoms with Crippen molar-refractivity contribution in [3.05, 3.63) is 59.1 Å². The maximum absolute atomic E-state index is 10.5. The van der Waals surface area contributed by atoms with Gasteiger partial charge >= 0.3 is 5.97 Å². The molecule has 1 heterocycles. The summed E-state index contributed by atoms with van der Waals surface area (Å²) in [5.74, 6) is -1.00. The lowest BCUT2D eigenvalue weighted by Crippen LogP contribution is -1.97. The summed E-state index contributed by atoms with van der Waals surface area (Å²) < 4.78 is 1.66. The van der Waals surface area contributed by atoms with Crippen LogP contribution in [-0.4, -0.2) is 26.1 Å². The molecule has 0 saturated carbocycles. The van der Waals surface area contributed by atoms with Gasteiger partial charge in [0.05, 0.1) is 16.2 Å². The van der Waals surface area contributed by atoms with E-state index in [1.54, 1.807) is 22.9 Å². The number of carboxylic acid groups (broad SMARTS) is 1. The highest BCUT2D eigenvalue weighted by Gasteiger charge is 2.09. The van der Waals surface area contributed by atoms with Crippen LogP contribution in [0, 0.1) is 0 Å². The van der Waals surface area contributed by atoms with E-state index in [0.29, 0.717) is 16.3 Å². The molecule has 3 rings (SSSR count). The fourth-order valence-electron chi connectivity index (χ4n) is 2.01. The Hall–Kier alpha value is -2.66. The topological polar surface area (TPSA) is 68.0 Å². The van der Waals surface area contributed by atoms with Gasteiger partial charge in [-0.25, -0.2) is 9.48 Å². The molecule has 0 bridgehead atoms. The second-order valence-corrected chi connectivity index (χ2v) is 4.78. The third kappa shape index (κ3) is 2.64. The number of fused-ring (bicyclic) bond motifs is 1. The van der Waals surface area contributed by atoms with Crippen molar-refractivity contribution in [2.24, 2.45) is 0 Å². The second-order valence-electron chi connectivity index (χ2n) is 4.37. The number of hydrogen-bond acceptors (Lipinski definition) is 3. The minimum absolute atomic E-state index is 0.471. The van der Waals surface area contributed by atoms with Crippen LogP contribution < -0.4 is 0 Å². The van der Waals surface area contributed by atoms with Crippen molar-refractivity contribution < 1.29 is 9.90 Å². The van der Waals surface area contributed by atoms with Gasteiger partial charge in [-0.05, 0) is 35.9 Å². The summed E-state index contributed by atoms with van der Waals surface area (Å²) in [6.07, 6.45) is 2.55. The zero-order valence-corrected chi connectivity index (χ0v) is 11.5. The Bertz CT molecular complexity index is 855. The van der Waals surface area contributed by atoms with Crippen molar-refractivity contribution in [2.45, 2.75) is 0 Å². The van der Waals surface area contributed by atoms with E-state index < -0.39 is 5.97 Å². The summed E-state index contributed by atoms with van der Waals surface area (Å²) in [7, 11) is 0. The van der Waals surface area contributed by atoms with Crippen LogP contribution >= 0.6 is 11.6 Å². The molecular weight excluding hydrogens is 290 g/mol. The first kappa shape index (κ1) is 13.3. The number of rotatable bonds is 3. The highest BCUT2D eigenvalue weighted by molar-refractivity contribution is 6.32. The molecule has 0 amide bonds. The van der Waals surface area contributed by atoms with Crippen LogP contribution in [0.3, 0.4) is 0 Å². The largest absolute Gasteiger partial charge is 0.478 e. The van der Waals surface area contributed by atoms with Gasteiger partial charge in [-0.3, -0.25) is 0 Å². The average molecular weight is 300 g/mol. The van der Waals surface area contributed by atoms with E-state index in [2.05, 4.69) is 10.3 Å². The molecule has 1 N–H and O–H groups in total. The second kappa shape index (κ2) is 5.38. The number of nitrogens with zero attached hydrogens (tertiary/aromatic N) is 3. The quantitative estimate of drug-likeness (QED) is 0.754. The normalized spacial score (nSPS) is 11.3. The summed E-state index contributed by atoms with van der Waals surface area (Å²) in [5, 5.41) is 17.3. The molecule has 2 aromatic carbocycles. The molecule has 0 atom stereocenters. The number of benzene rings is 2. The van der Waals surface area contributed by atoms with E-state index >= 15 is 0 Å². The van der Waals surface area contributed by atoms with Crippen LogP contribution in [0.1, 0.15) is 5.56 Å². The molecule has 6 heteroatoms. The van der Waals surface area contributed by atoms with Crippen molar-refractivity contribution in [1.29, 1.82) is 0 Å². The number of aromatic nitrogens is 3. The third-order valence-corrected chi connectivity index (χ3v) is 3.27. The van der Waals surface area contributed by atoms with Gasteiger partial charge in [0.15, 0.2) is 0 Å². The van der Waals surface area contributed by atoms with Gasteiger partial charge in [0.25, 0.3) is 0 Å². The number of halogens is 1. The van der Waals surface area contributed by atoms with Crippen LogP contribution in [0.25, 0.3) is 22.8 Å². The number of carbonyl (C=O) groups is 1. The number of aliphatic carboxylic acids is 1. The Balaban J connectivity index is 2.05. The minimum Gasteiger partial charge on any atom is -0.478 e. The summed E-state index contributed by atoms with van der Waals surface area (Å²) in [4.78, 5) is 10.5. The predicted molar refractivity (Wildman–Crippen MR) is 80.5 cm³/mol. The van der Waals surface area contributed by atoms with Crippen molar-refractivity contribution in [3.8, 4) is 5.69 Å². The first-order valence-corrected chi connectivity index (χ1v) is 6.54. The summed E-state index contributed by atoms with van der Waals surface area (Å²) in [5.41, 5.74) is 3.03. The molecule has 0 spiro atoms. The lowest BCUT2D eigenvalue weighted by Gasteiger charge is -2.05. The van der Waals surface area contributed by atoms with E-state index in [4.69, 9.17) is 16.7 Å². The fraction of sp³-hybridized carbons (Fsp3) is 0. The van der Waals surface area contributed by atoms with Crippen molar-refractivity contribution in [1.82, 2.24) is 15.0 Å². The van der Waals surface area contributed by atoms with E-state index in [1.807, 2.05) is 24.3 Å². The zero-order valence-electron chi connectivity index (χ0n) is 10.8. The maximum atomic E-state index is 10.5. The molecular formula is C15H10ClN3O2. The van der Waals surface area contributed by atoms with E-state index in [-0.39, 0.29) is 0 Å². The lowest BCUT2D eigenvalue weighted by molar-refractivity contribution is -0.131. The van der Waals surface area contributed by atoms with Gasteiger partial charge in [0.2, 0.25) is 0 Å². The maximum Gasteiger partial charge on any atom is 0.328 e. The fourth-order valence-corrected chi connectivity index (χ4v) is 2.28. The van der Waals surface area contributed by atoms with Gasteiger partial charge in [0.1, 0.15) is 5.52 Å². The molecule has 104 valence electrons. The molecule has 0 aliphatic heterocycles. The predicted octanol–water partition coefficient (Wildman–Crippen LogP) is 3.17. The Morgan fingerprint density at radius 2 is 2.05 bits per heavy atom. The number of hydrogen-bond donors (Lipinski definition) is 1. The summed E-state index contributed by atoms with van der Waals surface area (Å²) in [6.45, 7) is 0. The third-order valence-electron chi connectivity index (χ3n) is 2.97. The number of para-hydroxylation sites is 1. The van der Waals surface area contributed by atoms with Gasteiger partial charge in [0, 0.05) is 6.08 Å². The van der Waals surface area contributed by atoms with Crippen LogP contribution in [0.2, 0.25) is 5.02 Å². The molecule has 5 nitrogen and oxygen atoms in total. The van der Waals surface area contributed by atoms with Gasteiger partial charge in [-0.1, -0.05) is 35.0 Å². The van der Waals surface area contributed by atoms with E-state index in [1.165, 1.54) is 6.08 Å². The Labute approximate surface area is 125 Å². The Kier molecular flexibility index (Phi) is 3.41. The number of carboxylic acids is 1. The van der Waals surface area contributed by atoms with Gasteiger partial charge < -0.3 is 5.11 Å². The van der Waals surface area contributed by atoms with Crippen molar-refractivity contribution >= 4 is 34.7 Å². The highest BCUT2D eigenvalue weighted by atomic mass is 35.5. The molecule has 1 aromatic heterocycles. The lowest BCUT2D eigenvalue weighted by atomic mass is 10.2. The average Bonchev–Trinajstić information content (AvgIpc) is 2.89. The molecule has 0 unspecified atom stereocenters. The first-order valence-electron chi connectivity index (χ1n) is 6.16. The SMILES string of the molecule is O=C(O)/C=C/c1ccc(-n2nnc3ccccc32)c(Cl)c1. The molecule has 0 aliphatic rings. The highest BCUT2D eigenvalue weighted by Crippen LogP contribution is 2.24. The summed E-state index contributed by atoms with van der Waals surface area (Å²) in [6, 6.07) is 12.8. The molecule has 3 aromatic rings. The molecule has 0 fully saturated rings. The standard InChI is InChI=1S/C15H10ClN3O2/c16-11-9-10(6-8-15(20)21)5-7-13(11)19-14-4-2-1-3-12(14)17-18-19/h1-9H,(H,20,21)/b8-6+. The van der Waals surface area contributed by atoms with Gasteiger partial charge in [-0.15, -0.1) is 5.10 Å². The smallest absolute Gasteiger partial charge is 0.328 e. The molecule has 0 aliphatic carbocycles. The Morgan fingerprint density at radius 3 is 2.81 bits per heavy atom. The van der Waals surface area contributed by atoms with Crippen LogP contribution in [0.4, 0.5) is 0 Å². The Morgan fingerprint density at radius 1 is 1.24 bits per heavy atom. The van der Waals surface area contributed by atoms with Crippen LogP contribution in [0.15, 0.2) is 48.5 Å². The summed E-state index contributed by atoms with van der Waals surface area (Å²) >= 11 is 6.27. The molecule has 21 heavy (non-hydrogen) atoms. The monoisotopic (exact) mass is 299 g/mol. The molecule has 0 saturated heterocycles. The van der Waals surface area contributed by atoms with E-state index in [9.17, 15) is 4.79 Å². The van der Waals surface area contributed by atoms with Crippen molar-refractivity contribution in [2.75, 3.05) is 0 Å². The first-order chi connectivity index (χ1) is 10.1. The molecule has 0 radical (unpaired) electrons. The van der Waals surface area contributed by atoms with Gasteiger partial charge in [-0.2, -0.15) is 0 Å². The zero-order chi connectivity index (χ0) is 14.8. The van der Waals surface area contributed by atoms with Crippen LogP contribution in [-0.2, 0) is 4.79 Å². The van der Waals surface area contributed by atoms with Crippen molar-refractivity contribution in [3.63, 3.8) is 0 Å². The minimum atomic E-state index is -1.00.